The lowest BCUT2D eigenvalue weighted by Crippen LogP contribution is -2.31. The molecule has 0 saturated carbocycles. The van der Waals surface area contributed by atoms with E-state index < -0.39 is 6.10 Å². The van der Waals surface area contributed by atoms with Crippen LogP contribution in [0.15, 0.2) is 11.1 Å². The number of esters is 2. The number of ether oxygens (including phenoxy) is 2. The molecule has 0 heterocycles. The molecule has 21 heavy (non-hydrogen) atoms. The molecule has 4 heteroatoms. The summed E-state index contributed by atoms with van der Waals surface area (Å²) in [6.07, 6.45) is 0.934. The molecule has 4 nitrogen and oxygen atoms in total. The van der Waals surface area contributed by atoms with Crippen LogP contribution in [0.3, 0.4) is 0 Å². The average molecular weight is 292 g/mol. The molecule has 0 N–H and O–H groups in total. The van der Waals surface area contributed by atoms with E-state index in [4.69, 9.17) is 9.47 Å². The summed E-state index contributed by atoms with van der Waals surface area (Å²) in [6.45, 7) is 10.7. The van der Waals surface area contributed by atoms with Crippen molar-refractivity contribution < 1.29 is 19.1 Å². The van der Waals surface area contributed by atoms with Crippen LogP contribution < -0.4 is 0 Å². The molecule has 0 aliphatic heterocycles. The van der Waals surface area contributed by atoms with Crippen molar-refractivity contribution in [1.82, 2.24) is 0 Å². The molecule has 1 rings (SSSR count). The van der Waals surface area contributed by atoms with Gasteiger partial charge in [0.25, 0.3) is 0 Å². The molecular formula is C17H24O4. The van der Waals surface area contributed by atoms with Crippen molar-refractivity contribution in [1.29, 1.82) is 0 Å². The monoisotopic (exact) mass is 292 g/mol. The van der Waals surface area contributed by atoms with Gasteiger partial charge in [-0.1, -0.05) is 31.3 Å². The first kappa shape index (κ1) is 17.3. The van der Waals surface area contributed by atoms with Gasteiger partial charge >= 0.3 is 11.9 Å². The molecule has 0 amide bonds. The van der Waals surface area contributed by atoms with Gasteiger partial charge in [0.1, 0.15) is 6.10 Å². The minimum Gasteiger partial charge on any atom is -0.462 e. The lowest BCUT2D eigenvalue weighted by atomic mass is 9.72. The highest BCUT2D eigenvalue weighted by molar-refractivity contribution is 5.66. The van der Waals surface area contributed by atoms with E-state index in [9.17, 15) is 9.59 Å². The Balaban J connectivity index is 2.92. The highest BCUT2D eigenvalue weighted by Crippen LogP contribution is 2.40. The number of hydrogen-bond donors (Lipinski definition) is 0. The summed E-state index contributed by atoms with van der Waals surface area (Å²) >= 11 is 0. The highest BCUT2D eigenvalue weighted by atomic mass is 16.5. The van der Waals surface area contributed by atoms with Crippen molar-refractivity contribution in [2.24, 2.45) is 5.41 Å². The van der Waals surface area contributed by atoms with Gasteiger partial charge in [-0.25, -0.2) is 0 Å². The minimum atomic E-state index is -0.426. The van der Waals surface area contributed by atoms with Gasteiger partial charge in [0, 0.05) is 31.3 Å². The first-order valence-electron chi connectivity index (χ1n) is 7.18. The van der Waals surface area contributed by atoms with Crippen LogP contribution in [0, 0.1) is 17.3 Å². The topological polar surface area (TPSA) is 52.6 Å². The van der Waals surface area contributed by atoms with E-state index in [1.165, 1.54) is 13.8 Å². The molecular weight excluding hydrogens is 268 g/mol. The van der Waals surface area contributed by atoms with Crippen molar-refractivity contribution in [2.75, 3.05) is 0 Å². The zero-order valence-corrected chi connectivity index (χ0v) is 13.7. The predicted octanol–water partition coefficient (Wildman–Crippen LogP) is 3.01. The van der Waals surface area contributed by atoms with Gasteiger partial charge in [-0.05, 0) is 20.3 Å². The fourth-order valence-corrected chi connectivity index (χ4v) is 2.81. The van der Waals surface area contributed by atoms with Crippen molar-refractivity contribution >= 4 is 11.9 Å². The number of carbonyl (C=O) groups excluding carboxylic acids is 2. The van der Waals surface area contributed by atoms with E-state index in [2.05, 4.69) is 25.7 Å². The molecule has 1 aliphatic carbocycles. The molecule has 0 aromatic carbocycles. The summed E-state index contributed by atoms with van der Waals surface area (Å²) in [6, 6.07) is 0. The average Bonchev–Trinajstić information content (AvgIpc) is 2.24. The third-order valence-corrected chi connectivity index (χ3v) is 3.45. The molecule has 0 saturated heterocycles. The Morgan fingerprint density at radius 1 is 1.29 bits per heavy atom. The zero-order chi connectivity index (χ0) is 16.2. The summed E-state index contributed by atoms with van der Waals surface area (Å²) in [7, 11) is 0. The van der Waals surface area contributed by atoms with E-state index in [-0.39, 0.29) is 23.5 Å². The second-order valence-corrected chi connectivity index (χ2v) is 6.20. The van der Waals surface area contributed by atoms with E-state index in [1.807, 2.05) is 6.92 Å². The highest BCUT2D eigenvalue weighted by Gasteiger charge is 2.34. The Morgan fingerprint density at radius 2 is 1.90 bits per heavy atom. The summed E-state index contributed by atoms with van der Waals surface area (Å²) < 4.78 is 10.3. The maximum Gasteiger partial charge on any atom is 0.303 e. The number of carbonyl (C=O) groups is 2. The molecule has 0 bridgehead atoms. The van der Waals surface area contributed by atoms with Gasteiger partial charge in [-0.2, -0.15) is 0 Å². The lowest BCUT2D eigenvalue weighted by molar-refractivity contribution is -0.147. The van der Waals surface area contributed by atoms with Crippen LogP contribution in [-0.2, 0) is 19.1 Å². The molecule has 0 radical (unpaired) electrons. The predicted molar refractivity (Wildman–Crippen MR) is 80.3 cm³/mol. The van der Waals surface area contributed by atoms with Gasteiger partial charge < -0.3 is 9.47 Å². The summed E-state index contributed by atoms with van der Waals surface area (Å²) in [4.78, 5) is 22.0. The fraction of sp³-hybridized carbons (Fsp3) is 0.647. The van der Waals surface area contributed by atoms with E-state index in [0.29, 0.717) is 6.42 Å². The Bertz CT molecular complexity index is 517. The third kappa shape index (κ3) is 5.26. The van der Waals surface area contributed by atoms with Crippen LogP contribution in [0.1, 0.15) is 54.4 Å². The maximum absolute atomic E-state index is 11.1. The summed E-state index contributed by atoms with van der Waals surface area (Å²) in [5, 5.41) is 0. The van der Waals surface area contributed by atoms with Crippen LogP contribution in [-0.4, -0.2) is 24.1 Å². The molecule has 0 aromatic rings. The molecule has 1 unspecified atom stereocenters. The second-order valence-electron chi connectivity index (χ2n) is 6.20. The first-order valence-corrected chi connectivity index (χ1v) is 7.18. The van der Waals surface area contributed by atoms with Gasteiger partial charge in [0.2, 0.25) is 0 Å². The lowest BCUT2D eigenvalue weighted by Gasteiger charge is -2.36. The van der Waals surface area contributed by atoms with Crippen LogP contribution in [0.5, 0.6) is 0 Å². The smallest absolute Gasteiger partial charge is 0.303 e. The molecule has 0 aromatic heterocycles. The van der Waals surface area contributed by atoms with Crippen molar-refractivity contribution in [2.45, 2.75) is 66.6 Å². The van der Waals surface area contributed by atoms with Crippen LogP contribution >= 0.6 is 0 Å². The molecule has 116 valence electrons. The molecule has 2 atom stereocenters. The van der Waals surface area contributed by atoms with Crippen LogP contribution in [0.4, 0.5) is 0 Å². The number of hydrogen-bond acceptors (Lipinski definition) is 4. The van der Waals surface area contributed by atoms with E-state index in [1.54, 1.807) is 6.92 Å². The van der Waals surface area contributed by atoms with Crippen LogP contribution in [0.25, 0.3) is 0 Å². The Kier molecular flexibility index (Phi) is 5.60. The van der Waals surface area contributed by atoms with Gasteiger partial charge in [0.05, 0.1) is 0 Å². The van der Waals surface area contributed by atoms with Gasteiger partial charge in [0.15, 0.2) is 6.10 Å². The van der Waals surface area contributed by atoms with Gasteiger partial charge in [-0.15, -0.1) is 0 Å². The molecule has 0 spiro atoms. The Morgan fingerprint density at radius 3 is 2.38 bits per heavy atom. The summed E-state index contributed by atoms with van der Waals surface area (Å²) in [5.41, 5.74) is 2.01. The standard InChI is InChI=1S/C17H24O4/c1-11-9-15(21-14(4)19)10-17(5,6)16(11)8-7-12(2)20-13(3)18/h12,15H,9-10H2,1-6H3/t12?,15-/m1/s1. The SMILES string of the molecule is CC(=O)OC(C)C#CC1=C(C)C[C@@H](OC(C)=O)CC1(C)C. The second kappa shape index (κ2) is 6.80. The number of rotatable bonds is 2. The van der Waals surface area contributed by atoms with E-state index >= 15 is 0 Å². The van der Waals surface area contributed by atoms with Crippen LogP contribution in [0.2, 0.25) is 0 Å². The maximum atomic E-state index is 11.1. The minimum absolute atomic E-state index is 0.0889. The van der Waals surface area contributed by atoms with Crippen molar-refractivity contribution in [3.63, 3.8) is 0 Å². The Labute approximate surface area is 126 Å². The Hall–Kier alpha value is -1.76. The largest absolute Gasteiger partial charge is 0.462 e. The molecule has 0 fully saturated rings. The third-order valence-electron chi connectivity index (χ3n) is 3.45. The number of allylic oxidation sites excluding steroid dienone is 1. The molecule has 1 aliphatic rings. The van der Waals surface area contributed by atoms with Crippen molar-refractivity contribution in [3.05, 3.63) is 11.1 Å². The normalized spacial score (nSPS) is 21.9. The first-order chi connectivity index (χ1) is 9.61. The summed E-state index contributed by atoms with van der Waals surface area (Å²) in [5.74, 6) is 5.54. The van der Waals surface area contributed by atoms with E-state index in [0.717, 1.165) is 17.6 Å². The fourth-order valence-electron chi connectivity index (χ4n) is 2.81. The quantitative estimate of drug-likeness (QED) is 0.580. The van der Waals surface area contributed by atoms with Crippen molar-refractivity contribution in [3.8, 4) is 11.8 Å². The van der Waals surface area contributed by atoms with Gasteiger partial charge in [-0.3, -0.25) is 9.59 Å². The zero-order valence-electron chi connectivity index (χ0n) is 13.7.